The molecule has 1 aromatic heterocycles. The number of aromatic nitrogens is 1. The highest BCUT2D eigenvalue weighted by Crippen LogP contribution is 2.26. The van der Waals surface area contributed by atoms with E-state index in [9.17, 15) is 9.59 Å². The van der Waals surface area contributed by atoms with Crippen molar-refractivity contribution in [3.63, 3.8) is 0 Å². The average Bonchev–Trinajstić information content (AvgIpc) is 3.14. The average molecular weight is 425 g/mol. The van der Waals surface area contributed by atoms with Gasteiger partial charge in [-0.05, 0) is 45.3 Å². The second kappa shape index (κ2) is 9.51. The zero-order chi connectivity index (χ0) is 21.7. The van der Waals surface area contributed by atoms with Crippen molar-refractivity contribution in [1.82, 2.24) is 9.88 Å². The Morgan fingerprint density at radius 1 is 1.10 bits per heavy atom. The normalized spacial score (nSPS) is 10.7. The van der Waals surface area contributed by atoms with Gasteiger partial charge in [0, 0.05) is 23.2 Å². The van der Waals surface area contributed by atoms with Crippen molar-refractivity contribution in [3.05, 3.63) is 70.2 Å². The van der Waals surface area contributed by atoms with Crippen LogP contribution < -0.4 is 15.4 Å². The van der Waals surface area contributed by atoms with Crippen molar-refractivity contribution in [2.45, 2.75) is 13.5 Å². The molecule has 2 N–H and O–H groups in total. The molecule has 0 saturated heterocycles. The van der Waals surface area contributed by atoms with Gasteiger partial charge in [0.2, 0.25) is 0 Å². The number of ketones is 1. The molecule has 3 rings (SSSR count). The minimum absolute atomic E-state index is 0.228. The van der Waals surface area contributed by atoms with Crippen molar-refractivity contribution in [2.24, 2.45) is 0 Å². The molecule has 7 nitrogen and oxygen atoms in total. The Morgan fingerprint density at radius 3 is 2.60 bits per heavy atom. The summed E-state index contributed by atoms with van der Waals surface area (Å²) in [6.07, 6.45) is 1.74. The molecule has 0 aliphatic carbocycles. The number of thiazole rings is 1. The van der Waals surface area contributed by atoms with E-state index >= 15 is 0 Å². The Bertz CT molecular complexity index is 1060. The quantitative estimate of drug-likeness (QED) is 0.550. The molecule has 3 aromatic rings. The molecule has 30 heavy (non-hydrogen) atoms. The zero-order valence-corrected chi connectivity index (χ0v) is 18.2. The standard InChI is InChI=1S/C22H24N4O3S/c1-14-9-10-18(17(11-14)20(27)16-7-5-6-8-19(16)29-4)24-21(28)25-22-23-12-15(30-22)13-26(2)3/h5-12H,13H2,1-4H3,(H2,23,24,25,28). The number of hydrogen-bond acceptors (Lipinski definition) is 6. The molecule has 0 atom stereocenters. The number of carbonyl (C=O) groups is 2. The van der Waals surface area contributed by atoms with Crippen molar-refractivity contribution in [2.75, 3.05) is 31.8 Å². The van der Waals surface area contributed by atoms with E-state index in [-0.39, 0.29) is 5.78 Å². The van der Waals surface area contributed by atoms with Crippen LogP contribution in [0.1, 0.15) is 26.4 Å². The van der Waals surface area contributed by atoms with E-state index in [0.29, 0.717) is 27.7 Å². The molecule has 1 heterocycles. The van der Waals surface area contributed by atoms with Crippen LogP contribution in [0.5, 0.6) is 5.75 Å². The lowest BCUT2D eigenvalue weighted by Gasteiger charge is -2.13. The summed E-state index contributed by atoms with van der Waals surface area (Å²) in [7, 11) is 5.46. The lowest BCUT2D eigenvalue weighted by molar-refractivity contribution is 0.103. The van der Waals surface area contributed by atoms with E-state index in [0.717, 1.165) is 17.0 Å². The van der Waals surface area contributed by atoms with E-state index in [1.54, 1.807) is 42.6 Å². The summed E-state index contributed by atoms with van der Waals surface area (Å²) in [6, 6.07) is 11.9. The molecule has 2 amide bonds. The fourth-order valence-electron chi connectivity index (χ4n) is 2.93. The van der Waals surface area contributed by atoms with Gasteiger partial charge in [-0.1, -0.05) is 23.8 Å². The van der Waals surface area contributed by atoms with Crippen LogP contribution in [0.4, 0.5) is 15.6 Å². The lowest BCUT2D eigenvalue weighted by atomic mass is 9.99. The van der Waals surface area contributed by atoms with Crippen LogP contribution in [0, 0.1) is 6.92 Å². The van der Waals surface area contributed by atoms with E-state index in [2.05, 4.69) is 15.6 Å². The Hall–Kier alpha value is -3.23. The third-order valence-electron chi connectivity index (χ3n) is 4.27. The molecule has 0 aliphatic heterocycles. The number of aryl methyl sites for hydroxylation is 1. The first-order chi connectivity index (χ1) is 14.4. The lowest BCUT2D eigenvalue weighted by Crippen LogP contribution is -2.21. The highest BCUT2D eigenvalue weighted by atomic mass is 32.1. The Kier molecular flexibility index (Phi) is 6.81. The topological polar surface area (TPSA) is 83.6 Å². The van der Waals surface area contributed by atoms with Gasteiger partial charge >= 0.3 is 6.03 Å². The summed E-state index contributed by atoms with van der Waals surface area (Å²) in [6.45, 7) is 2.64. The van der Waals surface area contributed by atoms with E-state index in [4.69, 9.17) is 4.74 Å². The highest BCUT2D eigenvalue weighted by Gasteiger charge is 2.19. The van der Waals surface area contributed by atoms with Crippen LogP contribution in [0.25, 0.3) is 0 Å². The van der Waals surface area contributed by atoms with Gasteiger partial charge < -0.3 is 15.0 Å². The van der Waals surface area contributed by atoms with Gasteiger partial charge in [0.25, 0.3) is 0 Å². The third kappa shape index (κ3) is 5.22. The molecule has 2 aromatic carbocycles. The summed E-state index contributed by atoms with van der Waals surface area (Å²) in [5.41, 5.74) is 2.15. The molecule has 0 aliphatic rings. The fourth-order valence-corrected chi connectivity index (χ4v) is 3.86. The molecule has 0 bridgehead atoms. The van der Waals surface area contributed by atoms with Crippen LogP contribution in [-0.4, -0.2) is 42.9 Å². The summed E-state index contributed by atoms with van der Waals surface area (Å²) < 4.78 is 5.32. The van der Waals surface area contributed by atoms with Crippen LogP contribution in [0.2, 0.25) is 0 Å². The molecule has 0 spiro atoms. The van der Waals surface area contributed by atoms with Crippen LogP contribution in [0.3, 0.4) is 0 Å². The molecule has 0 radical (unpaired) electrons. The van der Waals surface area contributed by atoms with Crippen molar-refractivity contribution in [1.29, 1.82) is 0 Å². The minimum atomic E-state index is -0.460. The van der Waals surface area contributed by atoms with Gasteiger partial charge in [-0.2, -0.15) is 0 Å². The molecule has 156 valence electrons. The molecule has 0 unspecified atom stereocenters. The van der Waals surface area contributed by atoms with Gasteiger partial charge in [-0.25, -0.2) is 9.78 Å². The first kappa shape index (κ1) is 21.5. The number of methoxy groups -OCH3 is 1. The number of hydrogen-bond donors (Lipinski definition) is 2. The van der Waals surface area contributed by atoms with E-state index in [1.807, 2.05) is 32.0 Å². The molecular weight excluding hydrogens is 400 g/mol. The van der Waals surface area contributed by atoms with E-state index < -0.39 is 6.03 Å². The number of carbonyl (C=O) groups excluding carboxylic acids is 2. The number of benzene rings is 2. The molecule has 0 fully saturated rings. The first-order valence-electron chi connectivity index (χ1n) is 9.33. The second-order valence-electron chi connectivity index (χ2n) is 7.03. The number of para-hydroxylation sites is 1. The van der Waals surface area contributed by atoms with Crippen molar-refractivity contribution < 1.29 is 14.3 Å². The number of urea groups is 1. The molecule has 0 saturated carbocycles. The largest absolute Gasteiger partial charge is 0.496 e. The van der Waals surface area contributed by atoms with Gasteiger partial charge in [-0.15, -0.1) is 11.3 Å². The summed E-state index contributed by atoms with van der Waals surface area (Å²) in [5.74, 6) is 0.254. The maximum Gasteiger partial charge on any atom is 0.325 e. The van der Waals surface area contributed by atoms with Gasteiger partial charge in [0.15, 0.2) is 10.9 Å². The molecule has 8 heteroatoms. The van der Waals surface area contributed by atoms with Crippen LogP contribution in [-0.2, 0) is 6.54 Å². The Balaban J connectivity index is 1.80. The number of rotatable bonds is 7. The monoisotopic (exact) mass is 424 g/mol. The number of amides is 2. The SMILES string of the molecule is COc1ccccc1C(=O)c1cc(C)ccc1NC(=O)Nc1ncc(CN(C)C)s1. The predicted octanol–water partition coefficient (Wildman–Crippen LogP) is 4.40. The second-order valence-corrected chi connectivity index (χ2v) is 8.14. The maximum atomic E-state index is 13.2. The molecular formula is C22H24N4O3S. The summed E-state index contributed by atoms with van der Waals surface area (Å²) >= 11 is 1.41. The first-order valence-corrected chi connectivity index (χ1v) is 10.1. The zero-order valence-electron chi connectivity index (χ0n) is 17.4. The van der Waals surface area contributed by atoms with Crippen molar-refractivity contribution in [3.8, 4) is 5.75 Å². The number of nitrogens with one attached hydrogen (secondary N) is 2. The summed E-state index contributed by atoms with van der Waals surface area (Å²) in [4.78, 5) is 33.0. The smallest absolute Gasteiger partial charge is 0.325 e. The van der Waals surface area contributed by atoms with Crippen LogP contribution in [0.15, 0.2) is 48.7 Å². The number of anilines is 2. The van der Waals surface area contributed by atoms with Crippen LogP contribution >= 0.6 is 11.3 Å². The van der Waals surface area contributed by atoms with Crippen molar-refractivity contribution >= 4 is 34.0 Å². The van der Waals surface area contributed by atoms with E-state index in [1.165, 1.54) is 18.4 Å². The fraction of sp³-hybridized carbons (Fsp3) is 0.227. The van der Waals surface area contributed by atoms with Gasteiger partial charge in [0.1, 0.15) is 5.75 Å². The predicted molar refractivity (Wildman–Crippen MR) is 120 cm³/mol. The minimum Gasteiger partial charge on any atom is -0.496 e. The highest BCUT2D eigenvalue weighted by molar-refractivity contribution is 7.15. The number of nitrogens with zero attached hydrogens (tertiary/aromatic N) is 2. The van der Waals surface area contributed by atoms with Gasteiger partial charge in [-0.3, -0.25) is 10.1 Å². The maximum absolute atomic E-state index is 13.2. The summed E-state index contributed by atoms with van der Waals surface area (Å²) in [5, 5.41) is 5.99. The third-order valence-corrected chi connectivity index (χ3v) is 5.16. The number of ether oxygens (including phenoxy) is 1. The van der Waals surface area contributed by atoms with Gasteiger partial charge in [0.05, 0.1) is 18.4 Å². The Morgan fingerprint density at radius 2 is 1.87 bits per heavy atom. The Labute approximate surface area is 179 Å².